The molecule has 27 heavy (non-hydrogen) atoms. The van der Waals surface area contributed by atoms with Crippen LogP contribution in [-0.2, 0) is 7.05 Å². The van der Waals surface area contributed by atoms with Crippen molar-refractivity contribution < 1.29 is 0 Å². The van der Waals surface area contributed by atoms with Gasteiger partial charge < -0.3 is 8.80 Å². The van der Waals surface area contributed by atoms with Crippen molar-refractivity contribution in [2.75, 3.05) is 4.23 Å². The lowest BCUT2D eigenvalue weighted by atomic mass is 10.5. The third-order valence-electron chi connectivity index (χ3n) is 7.24. The summed E-state index contributed by atoms with van der Waals surface area (Å²) in [5, 5.41) is 0. The van der Waals surface area contributed by atoms with Gasteiger partial charge in [0.1, 0.15) is 5.82 Å². The van der Waals surface area contributed by atoms with Crippen LogP contribution in [0.5, 0.6) is 0 Å². The van der Waals surface area contributed by atoms with E-state index in [2.05, 4.69) is 105 Å². The molecule has 0 aliphatic carbocycles. The van der Waals surface area contributed by atoms with Gasteiger partial charge in [0.25, 0.3) is 0 Å². The van der Waals surface area contributed by atoms with E-state index in [0.717, 1.165) is 0 Å². The number of aromatic nitrogens is 2. The van der Waals surface area contributed by atoms with Crippen LogP contribution in [0.3, 0.4) is 0 Å². The highest BCUT2D eigenvalue weighted by molar-refractivity contribution is 7.05. The molecule has 0 amide bonds. The van der Waals surface area contributed by atoms with Gasteiger partial charge >= 0.3 is 0 Å². The number of anilines is 1. The minimum absolute atomic E-state index is 0.683. The molecule has 5 heteroatoms. The molecule has 0 bridgehead atoms. The highest BCUT2D eigenvalue weighted by atomic mass is 28.4. The maximum absolute atomic E-state index is 5.00. The molecule has 0 aliphatic rings. The molecule has 0 unspecified atom stereocenters. The van der Waals surface area contributed by atoms with Crippen molar-refractivity contribution in [3.05, 3.63) is 12.5 Å². The summed E-state index contributed by atoms with van der Waals surface area (Å²) in [7, 11) is -1.67. The zero-order valence-corrected chi connectivity index (χ0v) is 22.5. The van der Waals surface area contributed by atoms with Crippen molar-refractivity contribution in [2.45, 2.75) is 116 Å². The van der Waals surface area contributed by atoms with Crippen LogP contribution in [0.2, 0.25) is 33.2 Å². The minimum Gasteiger partial charge on any atom is -0.406 e. The Hall–Kier alpha value is -0.556. The zero-order valence-electron chi connectivity index (χ0n) is 20.5. The molecule has 3 nitrogen and oxygen atoms in total. The van der Waals surface area contributed by atoms with Gasteiger partial charge in [0.2, 0.25) is 0 Å². The molecule has 0 fully saturated rings. The minimum atomic E-state index is -1.89. The van der Waals surface area contributed by atoms with Crippen molar-refractivity contribution in [3.8, 4) is 0 Å². The van der Waals surface area contributed by atoms with Crippen LogP contribution in [0.4, 0.5) is 5.82 Å². The molecule has 1 aromatic heterocycles. The Morgan fingerprint density at radius 1 is 0.667 bits per heavy atom. The summed E-state index contributed by atoms with van der Waals surface area (Å²) in [5.74, 6) is 1.25. The average molecular weight is 410 g/mol. The number of hydrogen-bond donors (Lipinski definition) is 0. The number of rotatable bonds is 9. The van der Waals surface area contributed by atoms with E-state index in [-0.39, 0.29) is 0 Å². The van der Waals surface area contributed by atoms with Crippen LogP contribution in [0.1, 0.15) is 83.1 Å². The summed E-state index contributed by atoms with van der Waals surface area (Å²) in [6.45, 7) is 29.9. The molecule has 0 saturated carbocycles. The molecule has 0 atom stereocenters. The Labute approximate surface area is 172 Å². The Balaban J connectivity index is 4.06. The third kappa shape index (κ3) is 3.83. The quantitative estimate of drug-likeness (QED) is 0.392. The summed E-state index contributed by atoms with van der Waals surface area (Å²) < 4.78 is 5.21. The zero-order chi connectivity index (χ0) is 21.3. The third-order valence-corrected chi connectivity index (χ3v) is 22.7. The fraction of sp³-hybridized carbons (Fsp3) is 0.864. The summed E-state index contributed by atoms with van der Waals surface area (Å²) in [6, 6.07) is 0. The fourth-order valence-electron chi connectivity index (χ4n) is 6.80. The van der Waals surface area contributed by atoms with Crippen LogP contribution in [0, 0.1) is 0 Å². The van der Waals surface area contributed by atoms with Crippen LogP contribution >= 0.6 is 0 Å². The lowest BCUT2D eigenvalue weighted by Crippen LogP contribution is -2.74. The number of hydrogen-bond acceptors (Lipinski definition) is 2. The molecule has 0 spiro atoms. The average Bonchev–Trinajstić information content (AvgIpc) is 2.90. The summed E-state index contributed by atoms with van der Waals surface area (Å²) in [6.07, 6.45) is 4.30. The Morgan fingerprint density at radius 2 is 0.963 bits per heavy atom. The van der Waals surface area contributed by atoms with E-state index in [1.54, 1.807) is 0 Å². The van der Waals surface area contributed by atoms with Crippen LogP contribution in [-0.4, -0.2) is 26.0 Å². The van der Waals surface area contributed by atoms with Crippen molar-refractivity contribution in [2.24, 2.45) is 7.05 Å². The Bertz CT molecular complexity index is 513. The SMILES string of the molecule is CC(C)[Si](C(C)C)(C(C)C)N(c1cn(C)cn1)[Si](C(C)C)(C(C)C)C(C)C. The molecule has 1 rings (SSSR count). The van der Waals surface area contributed by atoms with Crippen molar-refractivity contribution in [1.82, 2.24) is 9.55 Å². The summed E-state index contributed by atoms with van der Waals surface area (Å²) in [5.41, 5.74) is 4.10. The van der Waals surface area contributed by atoms with E-state index >= 15 is 0 Å². The monoisotopic (exact) mass is 409 g/mol. The predicted molar refractivity (Wildman–Crippen MR) is 128 cm³/mol. The van der Waals surface area contributed by atoms with Crippen molar-refractivity contribution >= 4 is 22.3 Å². The van der Waals surface area contributed by atoms with Crippen LogP contribution < -0.4 is 4.23 Å². The van der Waals surface area contributed by atoms with E-state index in [4.69, 9.17) is 4.98 Å². The normalized spacial score (nSPS) is 13.9. The Morgan fingerprint density at radius 3 is 1.15 bits per heavy atom. The first-order valence-electron chi connectivity index (χ1n) is 11.1. The first-order chi connectivity index (χ1) is 12.3. The van der Waals surface area contributed by atoms with E-state index in [1.807, 2.05) is 6.33 Å². The number of aryl methyl sites for hydroxylation is 1. The maximum atomic E-state index is 5.00. The van der Waals surface area contributed by atoms with Gasteiger partial charge in [-0.1, -0.05) is 83.1 Å². The lowest BCUT2D eigenvalue weighted by Gasteiger charge is -2.63. The van der Waals surface area contributed by atoms with Gasteiger partial charge in [-0.2, -0.15) is 0 Å². The second-order valence-electron chi connectivity index (χ2n) is 10.4. The van der Waals surface area contributed by atoms with Gasteiger partial charge in [-0.05, 0) is 33.2 Å². The maximum Gasteiger partial charge on any atom is 0.157 e. The summed E-state index contributed by atoms with van der Waals surface area (Å²) in [4.78, 5) is 5.00. The Kier molecular flexibility index (Phi) is 8.03. The highest BCUT2D eigenvalue weighted by Gasteiger charge is 2.60. The molecule has 0 aromatic carbocycles. The van der Waals surface area contributed by atoms with Gasteiger partial charge in [-0.15, -0.1) is 0 Å². The molecule has 0 N–H and O–H groups in total. The largest absolute Gasteiger partial charge is 0.406 e. The predicted octanol–water partition coefficient (Wildman–Crippen LogP) is 7.58. The summed E-state index contributed by atoms with van der Waals surface area (Å²) >= 11 is 0. The lowest BCUT2D eigenvalue weighted by molar-refractivity contribution is 0.758. The molecular weight excluding hydrogens is 362 g/mol. The molecule has 1 aromatic rings. The number of nitrogens with zero attached hydrogens (tertiary/aromatic N) is 3. The van der Waals surface area contributed by atoms with Gasteiger partial charge in [-0.3, -0.25) is 0 Å². The van der Waals surface area contributed by atoms with Crippen molar-refractivity contribution in [3.63, 3.8) is 0 Å². The van der Waals surface area contributed by atoms with E-state index in [1.165, 1.54) is 5.82 Å². The van der Waals surface area contributed by atoms with Gasteiger partial charge in [0.15, 0.2) is 16.5 Å². The van der Waals surface area contributed by atoms with Crippen molar-refractivity contribution in [1.29, 1.82) is 0 Å². The van der Waals surface area contributed by atoms with E-state index in [9.17, 15) is 0 Å². The smallest absolute Gasteiger partial charge is 0.157 e. The van der Waals surface area contributed by atoms with Crippen LogP contribution in [0.15, 0.2) is 12.5 Å². The molecule has 1 heterocycles. The van der Waals surface area contributed by atoms with E-state index < -0.39 is 16.5 Å². The second-order valence-corrected chi connectivity index (χ2v) is 22.3. The topological polar surface area (TPSA) is 21.1 Å². The molecule has 0 aliphatic heterocycles. The first-order valence-corrected chi connectivity index (χ1v) is 15.4. The molecular formula is C22H47N3Si2. The van der Waals surface area contributed by atoms with Gasteiger partial charge in [0.05, 0.1) is 6.33 Å². The standard InChI is InChI=1S/C22H47N3Si2/c1-16(2)26(17(3)4,18(5)6)25(22-14-24(13)15-23-22)27(19(7)8,20(9)10)21(11)12/h14-21H,1-13H3. The highest BCUT2D eigenvalue weighted by Crippen LogP contribution is 2.54. The fourth-order valence-corrected chi connectivity index (χ4v) is 26.2. The number of imidazole rings is 1. The van der Waals surface area contributed by atoms with Crippen LogP contribution in [0.25, 0.3) is 0 Å². The van der Waals surface area contributed by atoms with E-state index in [0.29, 0.717) is 33.2 Å². The molecule has 0 radical (unpaired) electrons. The first kappa shape index (κ1) is 24.5. The van der Waals surface area contributed by atoms with Gasteiger partial charge in [0, 0.05) is 13.2 Å². The van der Waals surface area contributed by atoms with Gasteiger partial charge in [-0.25, -0.2) is 4.98 Å². The molecule has 158 valence electrons. The second kappa shape index (κ2) is 8.85. The molecule has 0 saturated heterocycles.